The topological polar surface area (TPSA) is 86.0 Å². The molecule has 0 saturated heterocycles. The lowest BCUT2D eigenvalue weighted by atomic mass is 10.1. The highest BCUT2D eigenvalue weighted by atomic mass is 32.2. The number of sulfone groups is 1. The first-order valence-corrected chi connectivity index (χ1v) is 8.30. The highest BCUT2D eigenvalue weighted by Crippen LogP contribution is 2.29. The summed E-state index contributed by atoms with van der Waals surface area (Å²) in [6, 6.07) is 1.48. The van der Waals surface area contributed by atoms with E-state index in [0.29, 0.717) is 24.6 Å². The quantitative estimate of drug-likeness (QED) is 0.825. The summed E-state index contributed by atoms with van der Waals surface area (Å²) in [5.41, 5.74) is -1.02. The van der Waals surface area contributed by atoms with E-state index in [0.717, 1.165) is 6.07 Å². The number of alkyl halides is 3. The molecule has 0 aromatic carbocycles. The van der Waals surface area contributed by atoms with E-state index >= 15 is 0 Å². The van der Waals surface area contributed by atoms with E-state index in [-0.39, 0.29) is 11.7 Å². The lowest BCUT2D eigenvalue weighted by molar-refractivity contribution is -0.137. The zero-order chi connectivity index (χ0) is 17.3. The third-order valence-electron chi connectivity index (χ3n) is 2.79. The smallest absolute Gasteiger partial charge is 0.339 e. The van der Waals surface area contributed by atoms with Crippen molar-refractivity contribution in [2.24, 2.45) is 5.92 Å². The second kappa shape index (κ2) is 6.26. The monoisotopic (exact) mass is 349 g/mol. The van der Waals surface area contributed by atoms with Gasteiger partial charge in [0.1, 0.15) is 5.75 Å². The molecule has 0 spiro atoms. The second-order valence-corrected chi connectivity index (χ2v) is 7.28. The summed E-state index contributed by atoms with van der Waals surface area (Å²) in [6.07, 6.45) is -3.59. The van der Waals surface area contributed by atoms with E-state index in [2.05, 4.69) is 15.1 Å². The summed E-state index contributed by atoms with van der Waals surface area (Å²) < 4.78 is 66.5. The molecule has 0 radical (unpaired) electrons. The SMILES string of the molecule is CC(C)Cc1nc(CS(=O)(=O)c2ccc(C(F)(F)F)cn2)no1. The average Bonchev–Trinajstić information content (AvgIpc) is 2.83. The minimum absolute atomic E-state index is 0.0534. The van der Waals surface area contributed by atoms with Gasteiger partial charge in [0.05, 0.1) is 5.56 Å². The van der Waals surface area contributed by atoms with Crippen LogP contribution < -0.4 is 0 Å². The Labute approximate surface area is 130 Å². The Hall–Kier alpha value is -1.97. The molecule has 6 nitrogen and oxygen atoms in total. The van der Waals surface area contributed by atoms with E-state index in [1.165, 1.54) is 0 Å². The van der Waals surface area contributed by atoms with Crippen molar-refractivity contribution in [3.05, 3.63) is 35.6 Å². The summed E-state index contributed by atoms with van der Waals surface area (Å²) >= 11 is 0. The van der Waals surface area contributed by atoms with E-state index in [4.69, 9.17) is 4.52 Å². The summed E-state index contributed by atoms with van der Waals surface area (Å²) in [7, 11) is -3.95. The van der Waals surface area contributed by atoms with Gasteiger partial charge in [-0.25, -0.2) is 13.4 Å². The van der Waals surface area contributed by atoms with Crippen LogP contribution in [0.5, 0.6) is 0 Å². The predicted octanol–water partition coefficient (Wildman–Crippen LogP) is 2.66. The number of pyridine rings is 1. The first-order chi connectivity index (χ1) is 10.6. The van der Waals surface area contributed by atoms with Crippen LogP contribution in [0.25, 0.3) is 0 Å². The fourth-order valence-electron chi connectivity index (χ4n) is 1.76. The molecule has 0 bridgehead atoms. The zero-order valence-corrected chi connectivity index (χ0v) is 13.1. The highest BCUT2D eigenvalue weighted by Gasteiger charge is 2.31. The van der Waals surface area contributed by atoms with Crippen molar-refractivity contribution >= 4 is 9.84 Å². The number of rotatable bonds is 5. The van der Waals surface area contributed by atoms with Crippen LogP contribution in [0.15, 0.2) is 27.9 Å². The molecule has 0 aliphatic heterocycles. The Morgan fingerprint density at radius 3 is 2.48 bits per heavy atom. The summed E-state index contributed by atoms with van der Waals surface area (Å²) in [5, 5.41) is 3.09. The van der Waals surface area contributed by atoms with Gasteiger partial charge in [-0.2, -0.15) is 18.2 Å². The summed E-state index contributed by atoms with van der Waals surface area (Å²) in [4.78, 5) is 7.33. The van der Waals surface area contributed by atoms with Gasteiger partial charge >= 0.3 is 6.18 Å². The standard InChI is InChI=1S/C13H14F3N3O3S/c1-8(2)5-11-18-10(19-22-11)7-23(20,21)12-4-3-9(6-17-12)13(14,15)16/h3-4,6,8H,5,7H2,1-2H3. The third kappa shape index (κ3) is 4.50. The molecule has 0 unspecified atom stereocenters. The zero-order valence-electron chi connectivity index (χ0n) is 12.3. The van der Waals surface area contributed by atoms with E-state index < -0.39 is 32.4 Å². The number of hydrogen-bond acceptors (Lipinski definition) is 6. The van der Waals surface area contributed by atoms with Gasteiger partial charge in [-0.15, -0.1) is 0 Å². The Balaban J connectivity index is 2.17. The van der Waals surface area contributed by atoms with E-state index in [9.17, 15) is 21.6 Å². The van der Waals surface area contributed by atoms with Gasteiger partial charge < -0.3 is 4.52 Å². The Bertz CT molecular complexity index is 768. The minimum Gasteiger partial charge on any atom is -0.339 e. The van der Waals surface area contributed by atoms with Gasteiger partial charge in [0, 0.05) is 12.6 Å². The molecule has 23 heavy (non-hydrogen) atoms. The molecule has 0 aliphatic rings. The van der Waals surface area contributed by atoms with Crippen molar-refractivity contribution in [1.29, 1.82) is 0 Å². The average molecular weight is 349 g/mol. The van der Waals surface area contributed by atoms with Crippen LogP contribution in [0.4, 0.5) is 13.2 Å². The fraction of sp³-hybridized carbons (Fsp3) is 0.462. The maximum Gasteiger partial charge on any atom is 0.417 e. The van der Waals surface area contributed by atoms with Crippen LogP contribution in [0.3, 0.4) is 0 Å². The first-order valence-electron chi connectivity index (χ1n) is 6.65. The van der Waals surface area contributed by atoms with Crippen LogP contribution in [-0.2, 0) is 28.2 Å². The van der Waals surface area contributed by atoms with Crippen molar-refractivity contribution in [1.82, 2.24) is 15.1 Å². The molecule has 0 saturated carbocycles. The minimum atomic E-state index is -4.57. The molecular formula is C13H14F3N3O3S. The molecule has 0 aliphatic carbocycles. The van der Waals surface area contributed by atoms with Crippen LogP contribution in [0.1, 0.15) is 31.1 Å². The highest BCUT2D eigenvalue weighted by molar-refractivity contribution is 7.90. The van der Waals surface area contributed by atoms with Crippen LogP contribution in [0.2, 0.25) is 0 Å². The lowest BCUT2D eigenvalue weighted by Gasteiger charge is -2.06. The number of halogens is 3. The molecule has 126 valence electrons. The summed E-state index contributed by atoms with van der Waals surface area (Å²) in [6.45, 7) is 3.87. The first kappa shape index (κ1) is 17.4. The molecular weight excluding hydrogens is 335 g/mol. The predicted molar refractivity (Wildman–Crippen MR) is 73.0 cm³/mol. The second-order valence-electron chi connectivity index (χ2n) is 5.34. The molecule has 0 atom stereocenters. The largest absolute Gasteiger partial charge is 0.417 e. The van der Waals surface area contributed by atoms with Gasteiger partial charge in [0.25, 0.3) is 0 Å². The molecule has 0 fully saturated rings. The fourth-order valence-corrected chi connectivity index (χ4v) is 2.85. The molecule has 10 heteroatoms. The van der Waals surface area contributed by atoms with Crippen LogP contribution in [-0.4, -0.2) is 23.5 Å². The normalized spacial score (nSPS) is 12.8. The molecule has 2 aromatic rings. The maximum atomic E-state index is 12.4. The third-order valence-corrected chi connectivity index (χ3v) is 4.31. The molecule has 2 rings (SSSR count). The van der Waals surface area contributed by atoms with Gasteiger partial charge in [-0.05, 0) is 18.1 Å². The van der Waals surface area contributed by atoms with Gasteiger partial charge in [0.2, 0.25) is 15.7 Å². The molecule has 0 N–H and O–H groups in total. The number of aromatic nitrogens is 3. The lowest BCUT2D eigenvalue weighted by Crippen LogP contribution is -2.11. The molecule has 2 heterocycles. The van der Waals surface area contributed by atoms with E-state index in [1.807, 2.05) is 13.8 Å². The van der Waals surface area contributed by atoms with Crippen molar-refractivity contribution in [2.75, 3.05) is 0 Å². The van der Waals surface area contributed by atoms with Crippen molar-refractivity contribution < 1.29 is 26.1 Å². The van der Waals surface area contributed by atoms with E-state index in [1.54, 1.807) is 0 Å². The Morgan fingerprint density at radius 1 is 1.26 bits per heavy atom. The van der Waals surface area contributed by atoms with Gasteiger partial charge in [-0.3, -0.25) is 0 Å². The Morgan fingerprint density at radius 2 is 1.96 bits per heavy atom. The van der Waals surface area contributed by atoms with Crippen LogP contribution >= 0.6 is 0 Å². The van der Waals surface area contributed by atoms with Gasteiger partial charge in [0.15, 0.2) is 10.9 Å². The summed E-state index contributed by atoms with van der Waals surface area (Å²) in [5.74, 6) is -0.0723. The van der Waals surface area contributed by atoms with Crippen LogP contribution in [0, 0.1) is 5.92 Å². The maximum absolute atomic E-state index is 12.4. The van der Waals surface area contributed by atoms with Crippen molar-refractivity contribution in [2.45, 2.75) is 37.2 Å². The van der Waals surface area contributed by atoms with Gasteiger partial charge in [-0.1, -0.05) is 19.0 Å². The molecule has 2 aromatic heterocycles. The van der Waals surface area contributed by atoms with Crippen molar-refractivity contribution in [3.8, 4) is 0 Å². The Kier molecular flexibility index (Phi) is 4.73. The number of nitrogens with zero attached hydrogens (tertiary/aromatic N) is 3. The van der Waals surface area contributed by atoms with Crippen molar-refractivity contribution in [3.63, 3.8) is 0 Å². The number of hydrogen-bond donors (Lipinski definition) is 0. The molecule has 0 amide bonds.